The molecule has 0 unspecified atom stereocenters. The van der Waals surface area contributed by atoms with E-state index >= 15 is 0 Å². The van der Waals surface area contributed by atoms with Crippen molar-refractivity contribution >= 4 is 33.4 Å². The molecule has 6 aromatic rings. The van der Waals surface area contributed by atoms with Crippen LogP contribution in [0.2, 0.25) is 0 Å². The van der Waals surface area contributed by atoms with Gasteiger partial charge in [0, 0.05) is 46.5 Å². The average molecular weight is 471 g/mol. The Morgan fingerprint density at radius 2 is 2.03 bits per heavy atom. The molecule has 0 saturated carbocycles. The summed E-state index contributed by atoms with van der Waals surface area (Å²) in [6.45, 7) is 3.71. The van der Waals surface area contributed by atoms with Gasteiger partial charge in [-0.1, -0.05) is 6.92 Å². The number of nitrogens with one attached hydrogen (secondary N) is 3. The van der Waals surface area contributed by atoms with Crippen molar-refractivity contribution in [3.8, 4) is 33.2 Å². The molecule has 0 fully saturated rings. The number of imidazole rings is 1. The smallest absolute Gasteiger partial charge is 0.178 e. The second-order valence-corrected chi connectivity index (χ2v) is 8.83. The van der Waals surface area contributed by atoms with E-state index < -0.39 is 0 Å². The number of pyridine rings is 3. The van der Waals surface area contributed by atoms with E-state index in [1.165, 1.54) is 6.07 Å². The molecule has 3 N–H and O–H groups in total. The van der Waals surface area contributed by atoms with E-state index in [4.69, 9.17) is 0 Å². The van der Waals surface area contributed by atoms with Crippen LogP contribution in [-0.4, -0.2) is 41.7 Å². The molecular formula is C24H19FN8S. The first kappa shape index (κ1) is 20.6. The van der Waals surface area contributed by atoms with Crippen LogP contribution in [0, 0.1) is 5.13 Å². The van der Waals surface area contributed by atoms with Gasteiger partial charge in [-0.3, -0.25) is 15.1 Å². The van der Waals surface area contributed by atoms with Crippen molar-refractivity contribution in [3.05, 3.63) is 65.8 Å². The molecule has 0 aliphatic carbocycles. The van der Waals surface area contributed by atoms with Crippen LogP contribution in [0.4, 0.5) is 4.39 Å². The third-order valence-corrected chi connectivity index (χ3v) is 6.48. The van der Waals surface area contributed by atoms with Crippen LogP contribution in [0.25, 0.3) is 55.3 Å². The fraction of sp³-hybridized carbons (Fsp3) is 0.125. The molecule has 0 bridgehead atoms. The highest BCUT2D eigenvalue weighted by atomic mass is 32.1. The minimum absolute atomic E-state index is 0.234. The van der Waals surface area contributed by atoms with Crippen LogP contribution >= 0.6 is 11.3 Å². The Kier molecular flexibility index (Phi) is 5.08. The Morgan fingerprint density at radius 3 is 2.88 bits per heavy atom. The number of aromatic amines is 2. The van der Waals surface area contributed by atoms with Gasteiger partial charge in [0.15, 0.2) is 16.6 Å². The summed E-state index contributed by atoms with van der Waals surface area (Å²) in [5.41, 5.74) is 6.42. The van der Waals surface area contributed by atoms with Gasteiger partial charge in [0.2, 0.25) is 0 Å². The number of hydrogen-bond donors (Lipinski definition) is 3. The maximum absolute atomic E-state index is 13.6. The summed E-state index contributed by atoms with van der Waals surface area (Å²) < 4.78 is 13.6. The van der Waals surface area contributed by atoms with Crippen LogP contribution < -0.4 is 5.32 Å². The van der Waals surface area contributed by atoms with Crippen molar-refractivity contribution in [1.29, 1.82) is 0 Å². The summed E-state index contributed by atoms with van der Waals surface area (Å²) in [5.74, 6) is 0.578. The van der Waals surface area contributed by atoms with Gasteiger partial charge in [-0.25, -0.2) is 9.97 Å². The zero-order valence-corrected chi connectivity index (χ0v) is 18.9. The van der Waals surface area contributed by atoms with Crippen LogP contribution in [0.3, 0.4) is 0 Å². The average Bonchev–Trinajstić information content (AvgIpc) is 3.59. The summed E-state index contributed by atoms with van der Waals surface area (Å²) in [6, 6.07) is 9.14. The Balaban J connectivity index is 1.44. The zero-order valence-electron chi connectivity index (χ0n) is 18.1. The van der Waals surface area contributed by atoms with Crippen molar-refractivity contribution in [1.82, 2.24) is 40.4 Å². The number of hydrogen-bond acceptors (Lipinski definition) is 7. The topological polar surface area (TPSA) is 108 Å². The Morgan fingerprint density at radius 1 is 1.09 bits per heavy atom. The van der Waals surface area contributed by atoms with Crippen LogP contribution in [0.1, 0.15) is 12.5 Å². The van der Waals surface area contributed by atoms with Crippen LogP contribution in [-0.2, 0) is 6.54 Å². The molecule has 0 spiro atoms. The third kappa shape index (κ3) is 3.62. The van der Waals surface area contributed by atoms with Crippen LogP contribution in [0.15, 0.2) is 55.1 Å². The maximum atomic E-state index is 13.6. The lowest BCUT2D eigenvalue weighted by Crippen LogP contribution is -2.11. The number of thiophene rings is 1. The summed E-state index contributed by atoms with van der Waals surface area (Å²) in [5, 5.41) is 11.5. The highest BCUT2D eigenvalue weighted by Gasteiger charge is 2.17. The number of fused-ring (bicyclic) bond motifs is 2. The lowest BCUT2D eigenvalue weighted by Gasteiger charge is -2.05. The molecule has 0 radical (unpaired) electrons. The number of aromatic nitrogens is 7. The molecule has 10 heteroatoms. The van der Waals surface area contributed by atoms with E-state index in [9.17, 15) is 4.39 Å². The quantitative estimate of drug-likeness (QED) is 0.318. The number of nitrogens with zero attached hydrogens (tertiary/aromatic N) is 5. The summed E-state index contributed by atoms with van der Waals surface area (Å²) >= 11 is 1.09. The second-order valence-electron chi connectivity index (χ2n) is 7.80. The van der Waals surface area contributed by atoms with E-state index in [0.29, 0.717) is 17.2 Å². The normalized spacial score (nSPS) is 11.6. The predicted octanol–water partition coefficient (Wildman–Crippen LogP) is 4.94. The molecule has 6 heterocycles. The molecule has 168 valence electrons. The minimum atomic E-state index is -0.234. The number of H-pyrrole nitrogens is 2. The SMILES string of the molecule is CCNCc1cncc(-c2cc3c(-c4nc5nccc(-c6ccc(F)s6)c5[nH]4)n[nH]c3cn2)c1. The minimum Gasteiger partial charge on any atom is -0.335 e. The molecule has 0 aliphatic rings. The maximum Gasteiger partial charge on any atom is 0.178 e. The van der Waals surface area contributed by atoms with Crippen molar-refractivity contribution in [2.45, 2.75) is 13.5 Å². The monoisotopic (exact) mass is 470 g/mol. The zero-order chi connectivity index (χ0) is 23.1. The third-order valence-electron chi connectivity index (χ3n) is 5.57. The van der Waals surface area contributed by atoms with Crippen molar-refractivity contribution in [3.63, 3.8) is 0 Å². The highest BCUT2D eigenvalue weighted by molar-refractivity contribution is 7.14. The van der Waals surface area contributed by atoms with Gasteiger partial charge < -0.3 is 10.3 Å². The molecule has 0 amide bonds. The fourth-order valence-corrected chi connectivity index (χ4v) is 4.70. The first-order valence-corrected chi connectivity index (χ1v) is 11.6. The summed E-state index contributed by atoms with van der Waals surface area (Å²) in [6.07, 6.45) is 7.10. The standard InChI is InChI=1S/C24H19FN8S/c1-2-26-9-13-7-14(11-27-10-13)17-8-16-18(12-29-17)32-33-22(16)24-30-21-15(5-6-28-23(21)31-24)19-3-4-20(25)34-19/h3-8,10-12,26H,2,9H2,1H3,(H,32,33)(H,28,30,31). The highest BCUT2D eigenvalue weighted by Crippen LogP contribution is 2.34. The molecule has 0 aliphatic heterocycles. The van der Waals surface area contributed by atoms with Gasteiger partial charge in [0.05, 0.1) is 22.9 Å². The molecule has 6 aromatic heterocycles. The largest absolute Gasteiger partial charge is 0.335 e. The second kappa shape index (κ2) is 8.40. The molecule has 0 aromatic carbocycles. The van der Waals surface area contributed by atoms with Crippen molar-refractivity contribution < 1.29 is 4.39 Å². The summed E-state index contributed by atoms with van der Waals surface area (Å²) in [7, 11) is 0. The van der Waals surface area contributed by atoms with Gasteiger partial charge in [-0.05, 0) is 42.4 Å². The molecule has 0 atom stereocenters. The van der Waals surface area contributed by atoms with E-state index in [1.807, 2.05) is 18.3 Å². The number of rotatable bonds is 6. The van der Waals surface area contributed by atoms with Gasteiger partial charge in [-0.2, -0.15) is 9.49 Å². The predicted molar refractivity (Wildman–Crippen MR) is 131 cm³/mol. The Hall–Kier alpha value is -4.02. The Bertz CT molecular complexity index is 1630. The molecule has 6 rings (SSSR count). The van der Waals surface area contributed by atoms with Gasteiger partial charge >= 0.3 is 0 Å². The lowest BCUT2D eigenvalue weighted by molar-refractivity contribution is 0.657. The summed E-state index contributed by atoms with van der Waals surface area (Å²) in [4.78, 5) is 22.2. The molecule has 8 nitrogen and oxygen atoms in total. The van der Waals surface area contributed by atoms with Crippen molar-refractivity contribution in [2.24, 2.45) is 0 Å². The Labute approximate surface area is 197 Å². The fourth-order valence-electron chi connectivity index (χ4n) is 3.94. The molecule has 34 heavy (non-hydrogen) atoms. The van der Waals surface area contributed by atoms with E-state index in [1.54, 1.807) is 24.7 Å². The molecular weight excluding hydrogens is 451 g/mol. The van der Waals surface area contributed by atoms with Crippen LogP contribution in [0.5, 0.6) is 0 Å². The van der Waals surface area contributed by atoms with Gasteiger partial charge in [0.1, 0.15) is 5.69 Å². The lowest BCUT2D eigenvalue weighted by atomic mass is 10.1. The van der Waals surface area contributed by atoms with E-state index in [2.05, 4.69) is 53.4 Å². The van der Waals surface area contributed by atoms with E-state index in [0.717, 1.165) is 68.1 Å². The van der Waals surface area contributed by atoms with Gasteiger partial charge in [-0.15, -0.1) is 11.3 Å². The number of halogens is 1. The van der Waals surface area contributed by atoms with Gasteiger partial charge in [0.25, 0.3) is 0 Å². The first-order valence-electron chi connectivity index (χ1n) is 10.8. The van der Waals surface area contributed by atoms with E-state index in [-0.39, 0.29) is 5.13 Å². The first-order chi connectivity index (χ1) is 16.7. The van der Waals surface area contributed by atoms with Crippen molar-refractivity contribution in [2.75, 3.05) is 6.54 Å². The molecule has 0 saturated heterocycles.